The van der Waals surface area contributed by atoms with Crippen LogP contribution in [-0.2, 0) is 0 Å². The van der Waals surface area contributed by atoms with Gasteiger partial charge in [0.15, 0.2) is 0 Å². The number of carboxylic acid groups (broad SMARTS) is 1. The van der Waals surface area contributed by atoms with Gasteiger partial charge in [0.05, 0.1) is 32.1 Å². The van der Waals surface area contributed by atoms with Gasteiger partial charge in [0, 0.05) is 18.3 Å². The lowest BCUT2D eigenvalue weighted by Gasteiger charge is -2.29. The monoisotopic (exact) mass is 591 g/mol. The first-order valence-electron chi connectivity index (χ1n) is 12.9. The van der Waals surface area contributed by atoms with Gasteiger partial charge >= 0.3 is 5.97 Å². The van der Waals surface area contributed by atoms with Crippen LogP contribution in [-0.4, -0.2) is 40.0 Å². The Morgan fingerprint density at radius 1 is 0.878 bits per heavy atom. The van der Waals surface area contributed by atoms with Crippen molar-refractivity contribution in [3.05, 3.63) is 99.3 Å². The fourth-order valence-corrected chi connectivity index (χ4v) is 5.41. The summed E-state index contributed by atoms with van der Waals surface area (Å²) in [6.07, 6.45) is 4.76. The average Bonchev–Trinajstić information content (AvgIpc) is 3.42. The number of carboxylic acids is 1. The van der Waals surface area contributed by atoms with E-state index in [9.17, 15) is 19.5 Å². The molecule has 0 atom stereocenters. The molecule has 41 heavy (non-hydrogen) atoms. The highest BCUT2D eigenvalue weighted by Gasteiger charge is 2.24. The number of aromatic nitrogens is 1. The molecule has 3 N–H and O–H groups in total. The molecule has 0 unspecified atom stereocenters. The molecular weight excluding hydrogens is 566 g/mol. The predicted octanol–water partition coefficient (Wildman–Crippen LogP) is 6.66. The van der Waals surface area contributed by atoms with Gasteiger partial charge in [-0.25, -0.2) is 9.78 Å². The van der Waals surface area contributed by atoms with E-state index in [1.165, 1.54) is 29.7 Å². The molecule has 4 aromatic rings. The number of aromatic carboxylic acids is 1. The number of carbonyl (C=O) groups excluding carboxylic acids is 2. The van der Waals surface area contributed by atoms with Crippen LogP contribution in [0.1, 0.15) is 56.1 Å². The summed E-state index contributed by atoms with van der Waals surface area (Å²) in [5.41, 5.74) is 0.456. The summed E-state index contributed by atoms with van der Waals surface area (Å²) in [5.74, 6) is -0.129. The minimum absolute atomic E-state index is 0.00158. The van der Waals surface area contributed by atoms with Crippen LogP contribution in [0.5, 0.6) is 17.4 Å². The van der Waals surface area contributed by atoms with Gasteiger partial charge in [-0.2, -0.15) is 0 Å². The first kappa shape index (κ1) is 28.1. The number of carbonyl (C=O) groups is 3. The number of pyridine rings is 1. The number of para-hydroxylation sites is 1. The van der Waals surface area contributed by atoms with E-state index in [4.69, 9.17) is 21.1 Å². The fourth-order valence-electron chi connectivity index (χ4n) is 4.47. The first-order chi connectivity index (χ1) is 19.8. The lowest BCUT2D eigenvalue weighted by atomic mass is 9.93. The quantitative estimate of drug-likeness (QED) is 0.199. The summed E-state index contributed by atoms with van der Waals surface area (Å²) in [4.78, 5) is 41.1. The standard InChI is InChI=1S/C30H26ClN3O6S/c31-26-15-14-25(41-26)29(36)33-19-6-8-20(9-7-19)39-21-10-12-22(13-11-21)40-27-16-5-18(17-32-27)28(35)34-24-4-2-1-3-23(24)30(37)38/h1-5,10-17,19-20H,6-9H2,(H,33,36)(H,34,35)(H,37,38). The maximum atomic E-state index is 12.6. The Morgan fingerprint density at radius 2 is 1.61 bits per heavy atom. The number of benzene rings is 2. The van der Waals surface area contributed by atoms with Crippen LogP contribution >= 0.6 is 22.9 Å². The highest BCUT2D eigenvalue weighted by molar-refractivity contribution is 7.18. The van der Waals surface area contributed by atoms with Crippen molar-refractivity contribution in [2.45, 2.75) is 37.8 Å². The summed E-state index contributed by atoms with van der Waals surface area (Å²) in [5, 5.41) is 15.0. The number of hydrogen-bond acceptors (Lipinski definition) is 7. The van der Waals surface area contributed by atoms with Crippen LogP contribution in [0, 0.1) is 0 Å². The zero-order chi connectivity index (χ0) is 28.8. The molecule has 5 rings (SSSR count). The fraction of sp³-hybridized carbons (Fsp3) is 0.200. The van der Waals surface area contributed by atoms with E-state index in [1.807, 2.05) is 12.1 Å². The van der Waals surface area contributed by atoms with E-state index in [1.54, 1.807) is 48.5 Å². The molecular formula is C30H26ClN3O6S. The number of nitrogens with zero attached hydrogens (tertiary/aromatic N) is 1. The van der Waals surface area contributed by atoms with Crippen molar-refractivity contribution in [2.24, 2.45) is 0 Å². The lowest BCUT2D eigenvalue weighted by molar-refractivity contribution is 0.0697. The highest BCUT2D eigenvalue weighted by Crippen LogP contribution is 2.28. The van der Waals surface area contributed by atoms with E-state index in [2.05, 4.69) is 15.6 Å². The summed E-state index contributed by atoms with van der Waals surface area (Å²) < 4.78 is 12.5. The Hall–Kier alpha value is -4.41. The number of hydrogen-bond donors (Lipinski definition) is 3. The van der Waals surface area contributed by atoms with E-state index in [-0.39, 0.29) is 34.9 Å². The van der Waals surface area contributed by atoms with Gasteiger partial charge in [0.2, 0.25) is 5.88 Å². The van der Waals surface area contributed by atoms with Gasteiger partial charge in [-0.3, -0.25) is 9.59 Å². The summed E-state index contributed by atoms with van der Waals surface area (Å²) in [7, 11) is 0. The number of ether oxygens (including phenoxy) is 2. The number of thiophene rings is 1. The number of amides is 2. The molecule has 2 heterocycles. The van der Waals surface area contributed by atoms with Gasteiger partial charge in [-0.1, -0.05) is 23.7 Å². The maximum Gasteiger partial charge on any atom is 0.337 e. The van der Waals surface area contributed by atoms with Crippen molar-refractivity contribution in [3.8, 4) is 17.4 Å². The third-order valence-corrected chi connectivity index (χ3v) is 7.79. The van der Waals surface area contributed by atoms with E-state index in [0.29, 0.717) is 20.8 Å². The molecule has 2 amide bonds. The first-order valence-corrected chi connectivity index (χ1v) is 14.1. The summed E-state index contributed by atoms with van der Waals surface area (Å²) in [6, 6.07) is 20.1. The van der Waals surface area contributed by atoms with Gasteiger partial charge in [0.1, 0.15) is 11.5 Å². The van der Waals surface area contributed by atoms with Crippen LogP contribution in [0.15, 0.2) is 79.0 Å². The molecule has 0 aliphatic heterocycles. The summed E-state index contributed by atoms with van der Waals surface area (Å²) >= 11 is 7.20. The Bertz CT molecular complexity index is 1530. The van der Waals surface area contributed by atoms with Gasteiger partial charge in [-0.15, -0.1) is 11.3 Å². The number of nitrogens with one attached hydrogen (secondary N) is 2. The molecule has 1 aliphatic carbocycles. The molecule has 1 aliphatic rings. The number of rotatable bonds is 9. The zero-order valence-electron chi connectivity index (χ0n) is 21.7. The molecule has 0 spiro atoms. The van der Waals surface area contributed by atoms with Crippen molar-refractivity contribution >= 4 is 46.4 Å². The van der Waals surface area contributed by atoms with E-state index < -0.39 is 11.9 Å². The molecule has 210 valence electrons. The topological polar surface area (TPSA) is 127 Å². The van der Waals surface area contributed by atoms with Gasteiger partial charge < -0.3 is 25.2 Å². The van der Waals surface area contributed by atoms with Gasteiger partial charge in [-0.05, 0) is 80.3 Å². The molecule has 1 saturated carbocycles. The minimum atomic E-state index is -1.13. The average molecular weight is 592 g/mol. The van der Waals surface area contributed by atoms with Crippen molar-refractivity contribution in [3.63, 3.8) is 0 Å². The third-order valence-electron chi connectivity index (χ3n) is 6.56. The third kappa shape index (κ3) is 7.41. The van der Waals surface area contributed by atoms with Crippen molar-refractivity contribution in [1.29, 1.82) is 0 Å². The van der Waals surface area contributed by atoms with Crippen molar-refractivity contribution in [2.75, 3.05) is 5.32 Å². The van der Waals surface area contributed by atoms with Crippen molar-refractivity contribution in [1.82, 2.24) is 10.3 Å². The minimum Gasteiger partial charge on any atom is -0.490 e. The van der Waals surface area contributed by atoms with Crippen LogP contribution in [0.25, 0.3) is 0 Å². The van der Waals surface area contributed by atoms with Crippen LogP contribution in [0.2, 0.25) is 4.34 Å². The number of halogens is 1. The predicted molar refractivity (Wildman–Crippen MR) is 156 cm³/mol. The van der Waals surface area contributed by atoms with Crippen molar-refractivity contribution < 1.29 is 29.0 Å². The number of anilines is 1. The molecule has 2 aromatic heterocycles. The molecule has 11 heteroatoms. The SMILES string of the molecule is O=C(Nc1ccccc1C(=O)O)c1ccc(Oc2ccc(OC3CCC(NC(=O)c4ccc(Cl)s4)CC3)cc2)nc1. The van der Waals surface area contributed by atoms with Crippen LogP contribution in [0.4, 0.5) is 5.69 Å². The molecule has 0 saturated heterocycles. The molecule has 2 aromatic carbocycles. The van der Waals surface area contributed by atoms with Crippen LogP contribution < -0.4 is 20.1 Å². The largest absolute Gasteiger partial charge is 0.490 e. The summed E-state index contributed by atoms with van der Waals surface area (Å²) in [6.45, 7) is 0. The van der Waals surface area contributed by atoms with Crippen LogP contribution in [0.3, 0.4) is 0 Å². The molecule has 9 nitrogen and oxygen atoms in total. The zero-order valence-corrected chi connectivity index (χ0v) is 23.3. The van der Waals surface area contributed by atoms with E-state index >= 15 is 0 Å². The molecule has 1 fully saturated rings. The Balaban J connectivity index is 1.08. The highest BCUT2D eigenvalue weighted by atomic mass is 35.5. The second-order valence-electron chi connectivity index (χ2n) is 9.43. The second-order valence-corrected chi connectivity index (χ2v) is 11.1. The Morgan fingerprint density at radius 3 is 2.27 bits per heavy atom. The Labute approximate surface area is 245 Å². The Kier molecular flexibility index (Phi) is 8.81. The molecule has 0 bridgehead atoms. The lowest BCUT2D eigenvalue weighted by Crippen LogP contribution is -2.39. The molecule has 0 radical (unpaired) electrons. The van der Waals surface area contributed by atoms with E-state index in [0.717, 1.165) is 31.4 Å². The normalized spacial score (nSPS) is 16.4. The van der Waals surface area contributed by atoms with Gasteiger partial charge in [0.25, 0.3) is 11.8 Å². The second kappa shape index (κ2) is 12.8. The smallest absolute Gasteiger partial charge is 0.337 e. The maximum absolute atomic E-state index is 12.6.